The maximum Gasteiger partial charge on any atom is 0.271 e. The van der Waals surface area contributed by atoms with Crippen LogP contribution in [-0.2, 0) is 11.3 Å². The second-order valence-corrected chi connectivity index (χ2v) is 4.74. The Labute approximate surface area is 106 Å². The lowest BCUT2D eigenvalue weighted by molar-refractivity contribution is 0.0993. The minimum absolute atomic E-state index is 0.353. The fourth-order valence-electron chi connectivity index (χ4n) is 2.25. The molecule has 1 heterocycles. The molecule has 1 aliphatic carbocycles. The Balaban J connectivity index is 2.06. The maximum absolute atomic E-state index is 11.3. The van der Waals surface area contributed by atoms with Gasteiger partial charge in [-0.1, -0.05) is 11.6 Å². The Morgan fingerprint density at radius 3 is 2.83 bits per heavy atom. The smallest absolute Gasteiger partial charge is 0.271 e. The zero-order valence-electron chi connectivity index (χ0n) is 10.8. The van der Waals surface area contributed by atoms with Crippen LogP contribution in [0.15, 0.2) is 0 Å². The Morgan fingerprint density at radius 2 is 2.28 bits per heavy atom. The number of rotatable bonds is 7. The van der Waals surface area contributed by atoms with Crippen LogP contribution in [0, 0.1) is 0 Å². The Kier molecular flexibility index (Phi) is 4.30. The van der Waals surface area contributed by atoms with E-state index in [-0.39, 0.29) is 0 Å². The van der Waals surface area contributed by atoms with Gasteiger partial charge in [0.1, 0.15) is 0 Å². The molecule has 0 unspecified atom stereocenters. The molecule has 6 nitrogen and oxygen atoms in total. The van der Waals surface area contributed by atoms with Gasteiger partial charge in [-0.2, -0.15) is 0 Å². The lowest BCUT2D eigenvalue weighted by Gasteiger charge is -2.26. The molecule has 0 aromatic carbocycles. The average molecular weight is 252 g/mol. The molecule has 1 amide bonds. The van der Waals surface area contributed by atoms with Gasteiger partial charge >= 0.3 is 0 Å². The zero-order chi connectivity index (χ0) is 13.0. The quantitative estimate of drug-likeness (QED) is 0.736. The van der Waals surface area contributed by atoms with E-state index in [1.54, 1.807) is 7.11 Å². The number of hydrogen-bond acceptors (Lipinski definition) is 4. The highest BCUT2D eigenvalue weighted by Crippen LogP contribution is 2.37. The van der Waals surface area contributed by atoms with Crippen molar-refractivity contribution in [3.05, 3.63) is 11.4 Å². The van der Waals surface area contributed by atoms with Crippen LogP contribution < -0.4 is 5.73 Å². The summed E-state index contributed by atoms with van der Waals surface area (Å²) in [5.74, 6) is -0.0648. The third-order valence-electron chi connectivity index (χ3n) is 3.47. The van der Waals surface area contributed by atoms with Gasteiger partial charge in [0, 0.05) is 26.2 Å². The van der Waals surface area contributed by atoms with Crippen LogP contribution in [0.2, 0.25) is 0 Å². The van der Waals surface area contributed by atoms with Crippen molar-refractivity contribution in [3.63, 3.8) is 0 Å². The highest BCUT2D eigenvalue weighted by Gasteiger charge is 2.29. The number of unbranched alkanes of at least 4 members (excludes halogenated alkanes) is 1. The van der Waals surface area contributed by atoms with Crippen molar-refractivity contribution >= 4 is 5.91 Å². The number of nitrogens with two attached hydrogens (primary N) is 1. The Morgan fingerprint density at radius 1 is 1.50 bits per heavy atom. The Hall–Kier alpha value is -1.43. The Bertz CT molecular complexity index is 412. The normalized spacial score (nSPS) is 15.6. The van der Waals surface area contributed by atoms with Crippen LogP contribution in [0.25, 0.3) is 0 Å². The fourth-order valence-corrected chi connectivity index (χ4v) is 2.25. The molecule has 1 aromatic heterocycles. The molecule has 0 spiro atoms. The van der Waals surface area contributed by atoms with Gasteiger partial charge < -0.3 is 10.5 Å². The van der Waals surface area contributed by atoms with E-state index in [1.165, 1.54) is 6.42 Å². The number of carbonyl (C=O) groups excluding carboxylic acids is 1. The standard InChI is InChI=1S/C12H20N4O2/c1-18-8-3-2-7-16-11(9-5-4-6-9)10(12(13)17)14-15-16/h9H,2-8H2,1H3,(H2,13,17). The summed E-state index contributed by atoms with van der Waals surface area (Å²) in [6.45, 7) is 1.52. The third-order valence-corrected chi connectivity index (χ3v) is 3.47. The second kappa shape index (κ2) is 5.95. The first-order chi connectivity index (χ1) is 8.74. The van der Waals surface area contributed by atoms with E-state index in [2.05, 4.69) is 10.3 Å². The lowest BCUT2D eigenvalue weighted by Crippen LogP contribution is -2.21. The van der Waals surface area contributed by atoms with Gasteiger partial charge in [-0.25, -0.2) is 4.68 Å². The van der Waals surface area contributed by atoms with E-state index < -0.39 is 5.91 Å². The van der Waals surface area contributed by atoms with E-state index in [9.17, 15) is 4.79 Å². The zero-order valence-corrected chi connectivity index (χ0v) is 10.8. The SMILES string of the molecule is COCCCCn1nnc(C(N)=O)c1C1CCC1. The van der Waals surface area contributed by atoms with Gasteiger partial charge in [-0.05, 0) is 25.7 Å². The number of carbonyl (C=O) groups is 1. The minimum Gasteiger partial charge on any atom is -0.385 e. The number of methoxy groups -OCH3 is 1. The molecule has 1 aromatic rings. The van der Waals surface area contributed by atoms with Crippen LogP contribution in [-0.4, -0.2) is 34.6 Å². The van der Waals surface area contributed by atoms with Crippen molar-refractivity contribution in [1.82, 2.24) is 15.0 Å². The first-order valence-electron chi connectivity index (χ1n) is 6.46. The van der Waals surface area contributed by atoms with Gasteiger partial charge in [0.25, 0.3) is 5.91 Å². The van der Waals surface area contributed by atoms with Gasteiger partial charge in [-0.3, -0.25) is 4.79 Å². The van der Waals surface area contributed by atoms with Crippen molar-refractivity contribution in [3.8, 4) is 0 Å². The summed E-state index contributed by atoms with van der Waals surface area (Å²) in [6, 6.07) is 0. The molecular weight excluding hydrogens is 232 g/mol. The van der Waals surface area contributed by atoms with E-state index in [1.807, 2.05) is 4.68 Å². The monoisotopic (exact) mass is 252 g/mol. The van der Waals surface area contributed by atoms with Gasteiger partial charge in [0.05, 0.1) is 5.69 Å². The number of aryl methyl sites for hydroxylation is 1. The van der Waals surface area contributed by atoms with Crippen molar-refractivity contribution in [1.29, 1.82) is 0 Å². The molecule has 0 bridgehead atoms. The maximum atomic E-state index is 11.3. The lowest BCUT2D eigenvalue weighted by atomic mass is 9.82. The molecular formula is C12H20N4O2. The predicted molar refractivity (Wildman–Crippen MR) is 66.2 cm³/mol. The summed E-state index contributed by atoms with van der Waals surface area (Å²) in [5, 5.41) is 7.99. The molecule has 0 saturated heterocycles. The molecule has 100 valence electrons. The molecule has 2 rings (SSSR count). The molecule has 0 atom stereocenters. The van der Waals surface area contributed by atoms with Gasteiger partial charge in [0.2, 0.25) is 0 Å². The first-order valence-corrected chi connectivity index (χ1v) is 6.46. The van der Waals surface area contributed by atoms with Crippen molar-refractivity contribution in [2.75, 3.05) is 13.7 Å². The molecule has 0 radical (unpaired) electrons. The number of aromatic nitrogens is 3. The molecule has 1 aliphatic rings. The van der Waals surface area contributed by atoms with Crippen molar-refractivity contribution < 1.29 is 9.53 Å². The number of primary amides is 1. The molecule has 6 heteroatoms. The number of nitrogens with zero attached hydrogens (tertiary/aromatic N) is 3. The minimum atomic E-state index is -0.472. The summed E-state index contributed by atoms with van der Waals surface area (Å²) in [4.78, 5) is 11.3. The van der Waals surface area contributed by atoms with Crippen LogP contribution in [0.5, 0.6) is 0 Å². The molecule has 0 aliphatic heterocycles. The van der Waals surface area contributed by atoms with E-state index >= 15 is 0 Å². The fraction of sp³-hybridized carbons (Fsp3) is 0.750. The van der Waals surface area contributed by atoms with Gasteiger partial charge in [-0.15, -0.1) is 5.10 Å². The number of amides is 1. The van der Waals surface area contributed by atoms with E-state index in [0.717, 1.165) is 44.5 Å². The topological polar surface area (TPSA) is 83.0 Å². The molecule has 1 saturated carbocycles. The first kappa shape index (κ1) is 13.0. The summed E-state index contributed by atoms with van der Waals surface area (Å²) in [5.41, 5.74) is 6.64. The number of hydrogen-bond donors (Lipinski definition) is 1. The average Bonchev–Trinajstić information content (AvgIpc) is 2.66. The molecule has 1 fully saturated rings. The highest BCUT2D eigenvalue weighted by molar-refractivity contribution is 5.92. The highest BCUT2D eigenvalue weighted by atomic mass is 16.5. The summed E-state index contributed by atoms with van der Waals surface area (Å²) >= 11 is 0. The largest absolute Gasteiger partial charge is 0.385 e. The van der Waals surface area contributed by atoms with Crippen LogP contribution in [0.1, 0.15) is 54.2 Å². The summed E-state index contributed by atoms with van der Waals surface area (Å²) in [6.07, 6.45) is 5.36. The third kappa shape index (κ3) is 2.69. The van der Waals surface area contributed by atoms with Crippen molar-refractivity contribution in [2.45, 2.75) is 44.6 Å². The molecule has 18 heavy (non-hydrogen) atoms. The number of ether oxygens (including phenoxy) is 1. The summed E-state index contributed by atoms with van der Waals surface area (Å²) < 4.78 is 6.86. The van der Waals surface area contributed by atoms with Crippen LogP contribution >= 0.6 is 0 Å². The van der Waals surface area contributed by atoms with Crippen LogP contribution in [0.4, 0.5) is 0 Å². The van der Waals surface area contributed by atoms with E-state index in [4.69, 9.17) is 10.5 Å². The van der Waals surface area contributed by atoms with Crippen molar-refractivity contribution in [2.24, 2.45) is 5.73 Å². The van der Waals surface area contributed by atoms with Crippen LogP contribution in [0.3, 0.4) is 0 Å². The summed E-state index contributed by atoms with van der Waals surface area (Å²) in [7, 11) is 1.69. The van der Waals surface area contributed by atoms with E-state index in [0.29, 0.717) is 11.6 Å². The second-order valence-electron chi connectivity index (χ2n) is 4.74. The predicted octanol–water partition coefficient (Wildman–Crippen LogP) is 1.07. The molecule has 2 N–H and O–H groups in total. The van der Waals surface area contributed by atoms with Gasteiger partial charge in [0.15, 0.2) is 5.69 Å².